The first-order valence-corrected chi connectivity index (χ1v) is 11.4. The molecule has 14 heteroatoms. The average Bonchev–Trinajstić information content (AvgIpc) is 3.13. The third-order valence-corrected chi connectivity index (χ3v) is 5.11. The summed E-state index contributed by atoms with van der Waals surface area (Å²) < 4.78 is 16.0. The molecule has 7 N–H and O–H groups in total. The van der Waals surface area contributed by atoms with E-state index in [1.807, 2.05) is 0 Å². The molecule has 0 spiro atoms. The van der Waals surface area contributed by atoms with Crippen molar-refractivity contribution < 1.29 is 43.3 Å². The fourth-order valence-corrected chi connectivity index (χ4v) is 3.42. The number of rotatable bonds is 11. The van der Waals surface area contributed by atoms with Gasteiger partial charge >= 0.3 is 0 Å². The normalized spacial score (nSPS) is 12.5. The first kappa shape index (κ1) is 30.2. The number of amidine groups is 1. The number of nitrogens with zero attached hydrogens (tertiary/aromatic N) is 1. The number of carbonyl (C=O) groups is 5. The number of carbonyl (C=O) groups excluding carboxylic acids is 4. The predicted octanol–water partition coefficient (Wildman–Crippen LogP) is 0.209. The molecule has 208 valence electrons. The molecule has 0 aromatic heterocycles. The van der Waals surface area contributed by atoms with E-state index < -0.39 is 42.4 Å². The van der Waals surface area contributed by atoms with Crippen LogP contribution in [0.25, 0.3) is 0 Å². The summed E-state index contributed by atoms with van der Waals surface area (Å²) in [6, 6.07) is 8.95. The van der Waals surface area contributed by atoms with E-state index in [2.05, 4.69) is 5.32 Å². The topological polar surface area (TPSA) is 224 Å². The lowest BCUT2D eigenvalue weighted by molar-refractivity contribution is -0.140. The Balaban J connectivity index is 0.00000124. The molecule has 1 atom stereocenters. The van der Waals surface area contributed by atoms with Gasteiger partial charge in [0.1, 0.15) is 17.3 Å². The Kier molecular flexibility index (Phi) is 10.5. The van der Waals surface area contributed by atoms with E-state index in [0.29, 0.717) is 16.9 Å². The minimum Gasteiger partial charge on any atom is -0.497 e. The number of nitrogens with two attached hydrogens (primary N) is 2. The maximum absolute atomic E-state index is 13.0. The molecule has 14 nitrogen and oxygen atoms in total. The van der Waals surface area contributed by atoms with Crippen molar-refractivity contribution in [2.45, 2.75) is 26.6 Å². The summed E-state index contributed by atoms with van der Waals surface area (Å²) in [5.74, 6) is -3.30. The molecule has 0 bridgehead atoms. The van der Waals surface area contributed by atoms with Gasteiger partial charge in [-0.15, -0.1) is 0 Å². The van der Waals surface area contributed by atoms with Gasteiger partial charge in [-0.3, -0.25) is 29.4 Å². The highest BCUT2D eigenvalue weighted by Crippen LogP contribution is 2.29. The summed E-state index contributed by atoms with van der Waals surface area (Å²) in [5.41, 5.74) is 11.7. The van der Waals surface area contributed by atoms with E-state index >= 15 is 0 Å². The number of benzene rings is 2. The summed E-state index contributed by atoms with van der Waals surface area (Å²) in [6.07, 6.45) is -1.52. The van der Waals surface area contributed by atoms with E-state index in [0.717, 1.165) is 11.8 Å². The van der Waals surface area contributed by atoms with E-state index in [1.165, 1.54) is 25.3 Å². The van der Waals surface area contributed by atoms with Crippen LogP contribution in [-0.2, 0) is 25.7 Å². The second-order valence-corrected chi connectivity index (χ2v) is 7.93. The van der Waals surface area contributed by atoms with Crippen LogP contribution in [0.3, 0.4) is 0 Å². The molecule has 4 amide bonds. The minimum atomic E-state index is -1.52. The third kappa shape index (κ3) is 7.75. The third-order valence-electron chi connectivity index (χ3n) is 5.11. The maximum atomic E-state index is 13.0. The van der Waals surface area contributed by atoms with Gasteiger partial charge in [0, 0.05) is 31.2 Å². The number of amides is 4. The van der Waals surface area contributed by atoms with Gasteiger partial charge in [-0.05, 0) is 31.2 Å². The van der Waals surface area contributed by atoms with Gasteiger partial charge in [0.05, 0.1) is 18.2 Å². The second kappa shape index (κ2) is 13.5. The molecule has 0 radical (unpaired) electrons. The lowest BCUT2D eigenvalue weighted by Crippen LogP contribution is -2.51. The largest absolute Gasteiger partial charge is 0.497 e. The number of methoxy groups -OCH3 is 1. The van der Waals surface area contributed by atoms with Crippen LogP contribution in [-0.4, -0.2) is 72.0 Å². The van der Waals surface area contributed by atoms with Crippen molar-refractivity contribution in [1.82, 2.24) is 10.2 Å². The Morgan fingerprint density at radius 1 is 1.08 bits per heavy atom. The van der Waals surface area contributed by atoms with Crippen LogP contribution in [0.1, 0.15) is 45.7 Å². The maximum Gasteiger partial charge on any atom is 0.300 e. The van der Waals surface area contributed by atoms with E-state index in [1.54, 1.807) is 25.1 Å². The number of carboxylic acid groups (broad SMARTS) is 1. The number of fused-ring (bicyclic) bond motifs is 1. The van der Waals surface area contributed by atoms with Crippen LogP contribution in [0.15, 0.2) is 36.4 Å². The Bertz CT molecular complexity index is 1290. The van der Waals surface area contributed by atoms with Crippen molar-refractivity contribution in [3.05, 3.63) is 58.7 Å². The standard InChI is InChI=1S/C23H25N5O7.C2H4O2/c1-3-34-23(28-21(31)15-7-6-14(33-2)9-16(15)22(28)32)20(30)27-10-13-5-4-12(19(25)26)8-17(13)35-11-18(24)29;1-2(3)4/h4-9,23H,3,10-11H2,1-2H3,(H2,24,29)(H3,25,26)(H,27,30);1H3,(H,3,4). The highest BCUT2D eigenvalue weighted by Gasteiger charge is 2.43. The zero-order valence-electron chi connectivity index (χ0n) is 21.5. The van der Waals surface area contributed by atoms with Crippen LogP contribution >= 0.6 is 0 Å². The van der Waals surface area contributed by atoms with Gasteiger partial charge in [-0.1, -0.05) is 12.1 Å². The Morgan fingerprint density at radius 2 is 1.72 bits per heavy atom. The molecule has 2 aromatic rings. The molecule has 0 fully saturated rings. The lowest BCUT2D eigenvalue weighted by Gasteiger charge is -2.25. The van der Waals surface area contributed by atoms with Crippen molar-refractivity contribution >= 4 is 35.4 Å². The number of nitrogen functional groups attached to an aromatic ring is 1. The Hall–Kier alpha value is -4.98. The Labute approximate surface area is 223 Å². The smallest absolute Gasteiger partial charge is 0.300 e. The van der Waals surface area contributed by atoms with Crippen molar-refractivity contribution in [3.63, 3.8) is 0 Å². The van der Waals surface area contributed by atoms with Gasteiger partial charge in [0.15, 0.2) is 6.61 Å². The number of hydrogen-bond donors (Lipinski definition) is 5. The molecule has 0 saturated heterocycles. The number of primary amides is 1. The molecule has 3 rings (SSSR count). The summed E-state index contributed by atoms with van der Waals surface area (Å²) in [6.45, 7) is 2.22. The SMILES string of the molecule is CC(=O)O.CCOC(C(=O)NCc1ccc(C(=N)N)cc1OCC(N)=O)N1C(=O)c2ccc(OC)cc2C1=O. The Morgan fingerprint density at radius 3 is 2.28 bits per heavy atom. The summed E-state index contributed by atoms with van der Waals surface area (Å²) >= 11 is 0. The molecule has 1 aliphatic rings. The van der Waals surface area contributed by atoms with Gasteiger partial charge < -0.3 is 36.1 Å². The van der Waals surface area contributed by atoms with E-state index in [-0.39, 0.29) is 35.9 Å². The highest BCUT2D eigenvalue weighted by atomic mass is 16.5. The van der Waals surface area contributed by atoms with Gasteiger partial charge in [0.2, 0.25) is 6.23 Å². The predicted molar refractivity (Wildman–Crippen MR) is 136 cm³/mol. The fourth-order valence-electron chi connectivity index (χ4n) is 3.42. The summed E-state index contributed by atoms with van der Waals surface area (Å²) in [5, 5.41) is 17.6. The molecular formula is C25H29N5O9. The molecule has 0 saturated carbocycles. The molecule has 1 unspecified atom stereocenters. The van der Waals surface area contributed by atoms with Crippen LogP contribution in [0.5, 0.6) is 11.5 Å². The molecule has 1 heterocycles. The van der Waals surface area contributed by atoms with Crippen LogP contribution < -0.4 is 26.3 Å². The molecule has 2 aromatic carbocycles. The van der Waals surface area contributed by atoms with Crippen LogP contribution in [0.4, 0.5) is 0 Å². The quantitative estimate of drug-likeness (QED) is 0.147. The number of aliphatic carboxylic acids is 1. The van der Waals surface area contributed by atoms with Crippen molar-refractivity contribution in [2.24, 2.45) is 11.5 Å². The minimum absolute atomic E-state index is 0.0507. The van der Waals surface area contributed by atoms with E-state index in [4.69, 9.17) is 41.0 Å². The first-order chi connectivity index (χ1) is 18.4. The van der Waals surface area contributed by atoms with Gasteiger partial charge in [0.25, 0.3) is 29.6 Å². The average molecular weight is 544 g/mol. The summed E-state index contributed by atoms with van der Waals surface area (Å²) in [4.78, 5) is 59.8. The molecular weight excluding hydrogens is 514 g/mol. The van der Waals surface area contributed by atoms with Crippen molar-refractivity contribution in [1.29, 1.82) is 5.41 Å². The van der Waals surface area contributed by atoms with E-state index in [9.17, 15) is 19.2 Å². The number of hydrogen-bond acceptors (Lipinski definition) is 9. The fraction of sp³-hybridized carbons (Fsp3) is 0.280. The molecule has 39 heavy (non-hydrogen) atoms. The lowest BCUT2D eigenvalue weighted by atomic mass is 10.1. The molecule has 1 aliphatic heterocycles. The second-order valence-electron chi connectivity index (χ2n) is 7.93. The first-order valence-electron chi connectivity index (χ1n) is 11.4. The van der Waals surface area contributed by atoms with Crippen molar-refractivity contribution in [3.8, 4) is 11.5 Å². The van der Waals surface area contributed by atoms with Crippen LogP contribution in [0, 0.1) is 5.41 Å². The zero-order valence-corrected chi connectivity index (χ0v) is 21.5. The number of nitrogens with one attached hydrogen (secondary N) is 2. The number of ether oxygens (including phenoxy) is 3. The van der Waals surface area contributed by atoms with Crippen molar-refractivity contribution in [2.75, 3.05) is 20.3 Å². The summed E-state index contributed by atoms with van der Waals surface area (Å²) in [7, 11) is 1.43. The van der Waals surface area contributed by atoms with Gasteiger partial charge in [-0.25, -0.2) is 4.90 Å². The zero-order chi connectivity index (χ0) is 29.3. The number of carboxylic acids is 1. The van der Waals surface area contributed by atoms with Gasteiger partial charge in [-0.2, -0.15) is 0 Å². The monoisotopic (exact) mass is 543 g/mol. The van der Waals surface area contributed by atoms with Crippen LogP contribution in [0.2, 0.25) is 0 Å². The molecule has 0 aliphatic carbocycles. The number of imide groups is 1. The highest BCUT2D eigenvalue weighted by molar-refractivity contribution is 6.22.